The van der Waals surface area contributed by atoms with Crippen molar-refractivity contribution in [2.45, 2.75) is 26.3 Å². The molecular formula is C15H15F2N5O3S2. The van der Waals surface area contributed by atoms with E-state index < -0.39 is 22.3 Å². The molecule has 0 saturated heterocycles. The monoisotopic (exact) mass is 415 g/mol. The van der Waals surface area contributed by atoms with Gasteiger partial charge in [-0.3, -0.25) is 9.29 Å². The molecule has 0 aromatic carbocycles. The van der Waals surface area contributed by atoms with Crippen LogP contribution in [0.25, 0.3) is 10.8 Å². The van der Waals surface area contributed by atoms with Crippen molar-refractivity contribution < 1.29 is 21.6 Å². The Hall–Kier alpha value is -2.47. The lowest BCUT2D eigenvalue weighted by Gasteiger charge is -2.21. The average molecular weight is 415 g/mol. The van der Waals surface area contributed by atoms with Crippen molar-refractivity contribution in [1.82, 2.24) is 20.2 Å². The highest BCUT2D eigenvalue weighted by Crippen LogP contribution is 2.29. The molecule has 12 heteroatoms. The summed E-state index contributed by atoms with van der Waals surface area (Å²) in [6.07, 6.45) is 3.45. The Balaban J connectivity index is 1.87. The number of aryl methyl sites for hydroxylation is 1. The maximum Gasteiger partial charge on any atom is 0.314 e. The Morgan fingerprint density at radius 1 is 1.26 bits per heavy atom. The summed E-state index contributed by atoms with van der Waals surface area (Å²) in [6.45, 7) is 1.91. The summed E-state index contributed by atoms with van der Waals surface area (Å²) in [4.78, 5) is 8.59. The van der Waals surface area contributed by atoms with Crippen LogP contribution in [-0.2, 0) is 23.0 Å². The molecule has 0 bridgehead atoms. The number of anilines is 1. The third kappa shape index (κ3) is 4.45. The van der Waals surface area contributed by atoms with Crippen molar-refractivity contribution in [3.05, 3.63) is 41.1 Å². The maximum atomic E-state index is 12.6. The van der Waals surface area contributed by atoms with Crippen LogP contribution in [0.3, 0.4) is 0 Å². The first-order valence-electron chi connectivity index (χ1n) is 7.76. The second-order valence-electron chi connectivity index (χ2n) is 5.54. The van der Waals surface area contributed by atoms with Gasteiger partial charge in [-0.2, -0.15) is 8.78 Å². The fraction of sp³-hybridized carbons (Fsp3) is 0.333. The molecule has 0 aliphatic rings. The molecule has 144 valence electrons. The van der Waals surface area contributed by atoms with Crippen molar-refractivity contribution in [2.75, 3.05) is 10.6 Å². The van der Waals surface area contributed by atoms with E-state index in [0.29, 0.717) is 22.0 Å². The fourth-order valence-corrected chi connectivity index (χ4v) is 3.98. The number of halogens is 2. The lowest BCUT2D eigenvalue weighted by Crippen LogP contribution is -2.29. The summed E-state index contributed by atoms with van der Waals surface area (Å²) >= 11 is 1.08. The maximum absolute atomic E-state index is 12.6. The lowest BCUT2D eigenvalue weighted by molar-refractivity contribution is 0.116. The van der Waals surface area contributed by atoms with Crippen LogP contribution in [-0.4, -0.2) is 34.8 Å². The molecule has 0 aliphatic heterocycles. The molecule has 0 N–H and O–H groups in total. The van der Waals surface area contributed by atoms with E-state index >= 15 is 0 Å². The summed E-state index contributed by atoms with van der Waals surface area (Å²) in [6, 6.07) is 1.75. The zero-order valence-corrected chi connectivity index (χ0v) is 16.0. The van der Waals surface area contributed by atoms with E-state index in [1.165, 1.54) is 16.7 Å². The van der Waals surface area contributed by atoms with E-state index in [1.807, 2.05) is 6.92 Å². The Morgan fingerprint density at radius 3 is 2.67 bits per heavy atom. The second kappa shape index (κ2) is 7.64. The first-order chi connectivity index (χ1) is 12.8. The molecule has 0 atom stereocenters. The van der Waals surface area contributed by atoms with Gasteiger partial charge >= 0.3 is 6.43 Å². The van der Waals surface area contributed by atoms with E-state index in [9.17, 15) is 17.2 Å². The summed E-state index contributed by atoms with van der Waals surface area (Å²) < 4.78 is 55.7. The average Bonchev–Trinajstić information content (AvgIpc) is 3.28. The molecule has 3 heterocycles. The summed E-state index contributed by atoms with van der Waals surface area (Å²) in [5.74, 6) is -0.866. The third-order valence-corrected chi connectivity index (χ3v) is 5.66. The van der Waals surface area contributed by atoms with E-state index in [0.717, 1.165) is 23.2 Å². The Morgan fingerprint density at radius 2 is 2.04 bits per heavy atom. The van der Waals surface area contributed by atoms with E-state index in [1.54, 1.807) is 12.3 Å². The molecule has 8 nitrogen and oxygen atoms in total. The van der Waals surface area contributed by atoms with Gasteiger partial charge in [-0.05, 0) is 18.1 Å². The number of alkyl halides is 2. The van der Waals surface area contributed by atoms with Gasteiger partial charge < -0.3 is 4.42 Å². The minimum absolute atomic E-state index is 0.0335. The predicted molar refractivity (Wildman–Crippen MR) is 95.0 cm³/mol. The zero-order chi connectivity index (χ0) is 19.6. The molecule has 0 unspecified atom stereocenters. The van der Waals surface area contributed by atoms with Gasteiger partial charge in [0.15, 0.2) is 0 Å². The van der Waals surface area contributed by atoms with Crippen molar-refractivity contribution >= 4 is 27.0 Å². The number of thiazole rings is 1. The first kappa shape index (κ1) is 19.3. The summed E-state index contributed by atoms with van der Waals surface area (Å²) in [5.41, 5.74) is 1.32. The van der Waals surface area contributed by atoms with E-state index in [2.05, 4.69) is 20.2 Å². The summed E-state index contributed by atoms with van der Waals surface area (Å²) in [7, 11) is -3.59. The molecule has 0 aliphatic carbocycles. The van der Waals surface area contributed by atoms with Crippen molar-refractivity contribution in [2.24, 2.45) is 0 Å². The van der Waals surface area contributed by atoms with Gasteiger partial charge in [0.2, 0.25) is 10.0 Å². The van der Waals surface area contributed by atoms with Gasteiger partial charge in [0.1, 0.15) is 9.88 Å². The van der Waals surface area contributed by atoms with Crippen LogP contribution >= 0.6 is 11.3 Å². The molecule has 3 rings (SSSR count). The highest BCUT2D eigenvalue weighted by molar-refractivity contribution is 7.92. The number of rotatable bonds is 7. The Kier molecular flexibility index (Phi) is 5.46. The fourth-order valence-electron chi connectivity index (χ4n) is 2.23. The van der Waals surface area contributed by atoms with E-state index in [4.69, 9.17) is 4.42 Å². The second-order valence-corrected chi connectivity index (χ2v) is 8.56. The minimum Gasteiger partial charge on any atom is -0.414 e. The number of aromatic nitrogens is 4. The zero-order valence-electron chi connectivity index (χ0n) is 14.3. The van der Waals surface area contributed by atoms with Gasteiger partial charge in [0.25, 0.3) is 11.8 Å². The molecule has 3 aromatic heterocycles. The van der Waals surface area contributed by atoms with Crippen LogP contribution in [0.5, 0.6) is 0 Å². The quantitative estimate of drug-likeness (QED) is 0.584. The molecule has 0 spiro atoms. The van der Waals surface area contributed by atoms with Gasteiger partial charge in [0.05, 0.1) is 30.9 Å². The van der Waals surface area contributed by atoms with E-state index in [-0.39, 0.29) is 12.4 Å². The number of nitrogens with zero attached hydrogens (tertiary/aromatic N) is 5. The third-order valence-electron chi connectivity index (χ3n) is 3.55. The molecule has 0 fully saturated rings. The minimum atomic E-state index is -3.59. The predicted octanol–water partition coefficient (Wildman–Crippen LogP) is 3.05. The van der Waals surface area contributed by atoms with Gasteiger partial charge in [-0.15, -0.1) is 21.5 Å². The van der Waals surface area contributed by atoms with Crippen LogP contribution < -0.4 is 4.31 Å². The van der Waals surface area contributed by atoms with Crippen LogP contribution in [0, 0.1) is 0 Å². The van der Waals surface area contributed by atoms with Crippen LogP contribution in [0.2, 0.25) is 0 Å². The topological polar surface area (TPSA) is 102 Å². The Bertz CT molecular complexity index is 1040. The van der Waals surface area contributed by atoms with Crippen molar-refractivity contribution in [3.63, 3.8) is 0 Å². The highest BCUT2D eigenvalue weighted by atomic mass is 32.2. The smallest absolute Gasteiger partial charge is 0.314 e. The first-order valence-corrected chi connectivity index (χ1v) is 10.4. The van der Waals surface area contributed by atoms with Crippen molar-refractivity contribution in [1.29, 1.82) is 0 Å². The molecule has 27 heavy (non-hydrogen) atoms. The standard InChI is InChI=1S/C15H15F2N5O3S2/c1-3-9-4-10(6-18-5-9)22(27(2,23)24)8-12-19-7-11(26-12)14-20-21-15(25-14)13(16)17/h4-7,13H,3,8H2,1-2H3. The van der Waals surface area contributed by atoms with Crippen molar-refractivity contribution in [3.8, 4) is 10.8 Å². The molecule has 0 radical (unpaired) electrons. The highest BCUT2D eigenvalue weighted by Gasteiger charge is 2.22. The number of pyridine rings is 1. The number of hydrogen-bond acceptors (Lipinski definition) is 8. The van der Waals surface area contributed by atoms with Gasteiger partial charge in [-0.1, -0.05) is 6.92 Å². The van der Waals surface area contributed by atoms with Crippen LogP contribution in [0.1, 0.15) is 29.8 Å². The molecular weight excluding hydrogens is 400 g/mol. The van der Waals surface area contributed by atoms with Gasteiger partial charge in [-0.25, -0.2) is 13.4 Å². The van der Waals surface area contributed by atoms with Crippen LogP contribution in [0.4, 0.5) is 14.5 Å². The normalized spacial score (nSPS) is 11.9. The van der Waals surface area contributed by atoms with Gasteiger partial charge in [0, 0.05) is 6.20 Å². The lowest BCUT2D eigenvalue weighted by atomic mass is 10.2. The molecule has 0 saturated carbocycles. The van der Waals surface area contributed by atoms with Crippen LogP contribution in [0.15, 0.2) is 29.1 Å². The Labute approximate surface area is 158 Å². The SMILES string of the molecule is CCc1cncc(N(Cc2ncc(-c3nnc(C(F)F)o3)s2)S(C)(=O)=O)c1. The number of sulfonamides is 1. The molecule has 3 aromatic rings. The summed E-state index contributed by atoms with van der Waals surface area (Å²) in [5, 5.41) is 7.27. The largest absolute Gasteiger partial charge is 0.414 e. The number of hydrogen-bond donors (Lipinski definition) is 0. The molecule has 0 amide bonds.